The average Bonchev–Trinajstić information content (AvgIpc) is 2.32. The molecule has 1 N–H and O–H groups in total. The predicted octanol–water partition coefficient (Wildman–Crippen LogP) is 2.82. The van der Waals surface area contributed by atoms with E-state index >= 15 is 0 Å². The van der Waals surface area contributed by atoms with Crippen LogP contribution < -0.4 is 5.32 Å². The fourth-order valence-electron chi connectivity index (χ4n) is 2.82. The highest BCUT2D eigenvalue weighted by molar-refractivity contribution is 4.87. The second kappa shape index (κ2) is 7.24. The van der Waals surface area contributed by atoms with Gasteiger partial charge in [0.25, 0.3) is 0 Å². The van der Waals surface area contributed by atoms with Crippen molar-refractivity contribution >= 4 is 0 Å². The van der Waals surface area contributed by atoms with Gasteiger partial charge in [-0.3, -0.25) is 9.80 Å². The minimum atomic E-state index is 0.315. The van der Waals surface area contributed by atoms with Gasteiger partial charge in [-0.2, -0.15) is 0 Å². The molecule has 1 unspecified atom stereocenters. The summed E-state index contributed by atoms with van der Waals surface area (Å²) in [6.45, 7) is 23.4. The maximum Gasteiger partial charge on any atom is 0.0243 e. The summed E-state index contributed by atoms with van der Waals surface area (Å²) in [5.74, 6) is 0. The number of hydrogen-bond donors (Lipinski definition) is 1. The summed E-state index contributed by atoms with van der Waals surface area (Å²) in [5.41, 5.74) is 0.645. The van der Waals surface area contributed by atoms with Gasteiger partial charge in [-0.1, -0.05) is 27.7 Å². The first-order valence-electron chi connectivity index (χ1n) is 8.35. The van der Waals surface area contributed by atoms with Crippen LogP contribution in [0.3, 0.4) is 0 Å². The van der Waals surface area contributed by atoms with Crippen LogP contribution >= 0.6 is 0 Å². The Morgan fingerprint density at radius 2 is 1.50 bits per heavy atom. The molecule has 0 aromatic rings. The Morgan fingerprint density at radius 1 is 0.950 bits per heavy atom. The first kappa shape index (κ1) is 17.9. The van der Waals surface area contributed by atoms with Gasteiger partial charge in [0.15, 0.2) is 0 Å². The highest BCUT2D eigenvalue weighted by Crippen LogP contribution is 2.22. The summed E-state index contributed by atoms with van der Waals surface area (Å²) < 4.78 is 0. The lowest BCUT2D eigenvalue weighted by Crippen LogP contribution is -2.57. The smallest absolute Gasteiger partial charge is 0.0243 e. The van der Waals surface area contributed by atoms with Gasteiger partial charge in [0.05, 0.1) is 0 Å². The van der Waals surface area contributed by atoms with Crippen LogP contribution in [0.15, 0.2) is 0 Å². The molecule has 1 saturated heterocycles. The Kier molecular flexibility index (Phi) is 6.49. The molecule has 0 saturated carbocycles. The summed E-state index contributed by atoms with van der Waals surface area (Å²) in [6.07, 6.45) is 1.21. The van der Waals surface area contributed by atoms with Crippen LogP contribution in [0.5, 0.6) is 0 Å². The van der Waals surface area contributed by atoms with Crippen molar-refractivity contribution in [2.24, 2.45) is 5.41 Å². The van der Waals surface area contributed by atoms with Crippen molar-refractivity contribution in [1.82, 2.24) is 15.1 Å². The fraction of sp³-hybridized carbons (Fsp3) is 1.00. The van der Waals surface area contributed by atoms with E-state index in [1.54, 1.807) is 0 Å². The lowest BCUT2D eigenvalue weighted by molar-refractivity contribution is 0.0500. The predicted molar refractivity (Wildman–Crippen MR) is 89.3 cm³/mol. The normalized spacial score (nSPS) is 21.1. The van der Waals surface area contributed by atoms with Crippen molar-refractivity contribution in [2.75, 3.05) is 39.3 Å². The molecule has 0 aromatic heterocycles. The molecule has 1 aliphatic rings. The van der Waals surface area contributed by atoms with E-state index in [-0.39, 0.29) is 0 Å². The maximum absolute atomic E-state index is 3.74. The molecule has 3 nitrogen and oxygen atoms in total. The number of hydrogen-bond acceptors (Lipinski definition) is 3. The first-order valence-corrected chi connectivity index (χ1v) is 8.35. The van der Waals surface area contributed by atoms with Crippen LogP contribution in [0.1, 0.15) is 54.9 Å². The molecule has 0 aliphatic carbocycles. The highest BCUT2D eigenvalue weighted by Gasteiger charge is 2.30. The van der Waals surface area contributed by atoms with E-state index in [2.05, 4.69) is 63.6 Å². The van der Waals surface area contributed by atoms with Crippen molar-refractivity contribution in [2.45, 2.75) is 66.5 Å². The number of nitrogens with zero attached hydrogens (tertiary/aromatic N) is 2. The van der Waals surface area contributed by atoms with Gasteiger partial charge in [0.1, 0.15) is 0 Å². The van der Waals surface area contributed by atoms with Crippen molar-refractivity contribution in [1.29, 1.82) is 0 Å². The third-order valence-corrected chi connectivity index (χ3v) is 4.45. The van der Waals surface area contributed by atoms with Crippen molar-refractivity contribution in [3.05, 3.63) is 0 Å². The van der Waals surface area contributed by atoms with Crippen molar-refractivity contribution in [3.8, 4) is 0 Å². The molecule has 0 aromatic carbocycles. The zero-order valence-electron chi connectivity index (χ0n) is 14.9. The van der Waals surface area contributed by atoms with Crippen LogP contribution in [-0.4, -0.2) is 60.6 Å². The van der Waals surface area contributed by atoms with Gasteiger partial charge in [-0.25, -0.2) is 0 Å². The Balaban J connectivity index is 2.47. The maximum atomic E-state index is 3.74. The molecule has 0 radical (unpaired) electrons. The van der Waals surface area contributed by atoms with Gasteiger partial charge in [0, 0.05) is 44.3 Å². The molecule has 0 spiro atoms. The van der Waals surface area contributed by atoms with E-state index in [4.69, 9.17) is 0 Å². The van der Waals surface area contributed by atoms with E-state index in [1.165, 1.54) is 39.1 Å². The molecular formula is C17H37N3. The Hall–Kier alpha value is -0.120. The lowest BCUT2D eigenvalue weighted by Gasteiger charge is -2.44. The van der Waals surface area contributed by atoms with Crippen molar-refractivity contribution in [3.63, 3.8) is 0 Å². The zero-order valence-corrected chi connectivity index (χ0v) is 14.9. The van der Waals surface area contributed by atoms with Crippen LogP contribution in [0, 0.1) is 5.41 Å². The van der Waals surface area contributed by atoms with E-state index in [9.17, 15) is 0 Å². The highest BCUT2D eigenvalue weighted by atomic mass is 15.3. The monoisotopic (exact) mass is 283 g/mol. The standard InChI is InChI=1S/C17H37N3/c1-8-9-18-15(16(2,3)4)14-19-10-12-20(13-11-19)17(5,6)7/h15,18H,8-14H2,1-7H3. The third-order valence-electron chi connectivity index (χ3n) is 4.45. The van der Waals surface area contributed by atoms with Crippen molar-refractivity contribution < 1.29 is 0 Å². The van der Waals surface area contributed by atoms with Crippen LogP contribution in [0.25, 0.3) is 0 Å². The van der Waals surface area contributed by atoms with E-state index < -0.39 is 0 Å². The summed E-state index contributed by atoms with van der Waals surface area (Å²) in [6, 6.07) is 0.587. The minimum absolute atomic E-state index is 0.315. The molecule has 1 atom stereocenters. The molecule has 1 heterocycles. The van der Waals surface area contributed by atoms with Gasteiger partial charge >= 0.3 is 0 Å². The average molecular weight is 284 g/mol. The largest absolute Gasteiger partial charge is 0.312 e. The van der Waals surface area contributed by atoms with Crippen LogP contribution in [0.2, 0.25) is 0 Å². The summed E-state index contributed by atoms with van der Waals surface area (Å²) in [4.78, 5) is 5.25. The Morgan fingerprint density at radius 3 is 1.90 bits per heavy atom. The van der Waals surface area contributed by atoms with Crippen LogP contribution in [-0.2, 0) is 0 Å². The molecular weight excluding hydrogens is 246 g/mol. The molecule has 20 heavy (non-hydrogen) atoms. The Bertz CT molecular complexity index is 267. The second-order valence-corrected chi connectivity index (χ2v) is 8.33. The molecule has 1 fully saturated rings. The molecule has 3 heteroatoms. The first-order chi connectivity index (χ1) is 9.14. The molecule has 1 aliphatic heterocycles. The second-order valence-electron chi connectivity index (χ2n) is 8.33. The van der Waals surface area contributed by atoms with Gasteiger partial charge in [-0.15, -0.1) is 0 Å². The third kappa shape index (κ3) is 5.71. The summed E-state index contributed by atoms with van der Waals surface area (Å²) in [5, 5.41) is 3.74. The summed E-state index contributed by atoms with van der Waals surface area (Å²) in [7, 11) is 0. The SMILES string of the molecule is CCCNC(CN1CCN(C(C)(C)C)CC1)C(C)(C)C. The van der Waals surface area contributed by atoms with Gasteiger partial charge in [0.2, 0.25) is 0 Å². The van der Waals surface area contributed by atoms with E-state index in [1.807, 2.05) is 0 Å². The van der Waals surface area contributed by atoms with Gasteiger partial charge in [-0.05, 0) is 39.2 Å². The van der Waals surface area contributed by atoms with Crippen LogP contribution in [0.4, 0.5) is 0 Å². The summed E-state index contributed by atoms with van der Waals surface area (Å²) >= 11 is 0. The minimum Gasteiger partial charge on any atom is -0.312 e. The van der Waals surface area contributed by atoms with E-state index in [0.717, 1.165) is 6.54 Å². The number of nitrogens with one attached hydrogen (secondary N) is 1. The van der Waals surface area contributed by atoms with E-state index in [0.29, 0.717) is 17.0 Å². The van der Waals surface area contributed by atoms with Gasteiger partial charge < -0.3 is 5.32 Å². The molecule has 0 bridgehead atoms. The molecule has 0 amide bonds. The fourth-order valence-corrected chi connectivity index (χ4v) is 2.82. The lowest BCUT2D eigenvalue weighted by atomic mass is 9.86. The number of rotatable bonds is 5. The Labute approximate surface area is 127 Å². The number of piperazine rings is 1. The topological polar surface area (TPSA) is 18.5 Å². The molecule has 1 rings (SSSR count). The quantitative estimate of drug-likeness (QED) is 0.837. The zero-order chi connectivity index (χ0) is 15.4. The molecule has 120 valence electrons.